The minimum Gasteiger partial charge on any atom is -0.495 e. The molecule has 0 bridgehead atoms. The van der Waals surface area contributed by atoms with E-state index in [1.54, 1.807) is 0 Å². The van der Waals surface area contributed by atoms with E-state index in [0.29, 0.717) is 35.2 Å². The van der Waals surface area contributed by atoms with Crippen molar-refractivity contribution in [3.63, 3.8) is 0 Å². The van der Waals surface area contributed by atoms with Crippen molar-refractivity contribution in [1.82, 2.24) is 5.32 Å². The fraction of sp³-hybridized carbons (Fsp3) is 0.550. The number of nitrogens with zero attached hydrogens (tertiary/aromatic N) is 1. The molecule has 0 aliphatic heterocycles. The van der Waals surface area contributed by atoms with Crippen LogP contribution in [0.1, 0.15) is 38.5 Å². The number of hydrogen-bond donors (Lipinski definition) is 1. The van der Waals surface area contributed by atoms with E-state index in [2.05, 4.69) is 11.4 Å². The van der Waals surface area contributed by atoms with E-state index in [0.717, 1.165) is 25.5 Å². The minimum absolute atomic E-state index is 0.0921. The number of carbonyl (C=O) groups excluding carboxylic acids is 1. The van der Waals surface area contributed by atoms with E-state index in [1.165, 1.54) is 42.7 Å². The zero-order valence-corrected chi connectivity index (χ0v) is 18.7. The highest BCUT2D eigenvalue weighted by Crippen LogP contribution is 2.39. The third kappa shape index (κ3) is 6.82. The van der Waals surface area contributed by atoms with Gasteiger partial charge in [0.05, 0.1) is 31.2 Å². The molecule has 0 spiro atoms. The number of anilines is 1. The average molecular weight is 445 g/mol. The highest BCUT2D eigenvalue weighted by molar-refractivity contribution is 7.92. The van der Waals surface area contributed by atoms with Crippen LogP contribution in [0, 0.1) is 0 Å². The molecule has 0 radical (unpaired) electrons. The predicted octanol–water partition coefficient (Wildman–Crippen LogP) is 3.52. The Balaban J connectivity index is 2.03. The summed E-state index contributed by atoms with van der Waals surface area (Å²) in [5.41, 5.74) is 1.59. The molecule has 1 aliphatic carbocycles. The van der Waals surface area contributed by atoms with Crippen LogP contribution < -0.4 is 19.1 Å². The summed E-state index contributed by atoms with van der Waals surface area (Å²) in [6, 6.07) is 3.04. The molecule has 7 nitrogen and oxygen atoms in total. The SMILES string of the molecule is COc1cc(N(CCCC(=O)NCC2=CCCCC2)S(C)(=O)=O)c(OC)cc1Cl. The zero-order chi connectivity index (χ0) is 21.4. The van der Waals surface area contributed by atoms with E-state index in [4.69, 9.17) is 21.1 Å². The summed E-state index contributed by atoms with van der Waals surface area (Å²) in [5.74, 6) is 0.565. The summed E-state index contributed by atoms with van der Waals surface area (Å²) >= 11 is 6.11. The first-order valence-electron chi connectivity index (χ1n) is 9.60. The summed E-state index contributed by atoms with van der Waals surface area (Å²) in [7, 11) is -0.709. The van der Waals surface area contributed by atoms with Crippen molar-refractivity contribution in [3.05, 3.63) is 28.8 Å². The van der Waals surface area contributed by atoms with E-state index in [-0.39, 0.29) is 18.9 Å². The molecular formula is C20H29ClN2O5S. The summed E-state index contributed by atoms with van der Waals surface area (Å²) in [4.78, 5) is 12.2. The fourth-order valence-corrected chi connectivity index (χ4v) is 4.44. The third-order valence-electron chi connectivity index (χ3n) is 4.79. The molecule has 0 fully saturated rings. The van der Waals surface area contributed by atoms with Gasteiger partial charge in [-0.3, -0.25) is 9.10 Å². The van der Waals surface area contributed by atoms with Crippen molar-refractivity contribution >= 4 is 33.2 Å². The second kappa shape index (κ2) is 10.7. The third-order valence-corrected chi connectivity index (χ3v) is 6.26. The molecule has 1 N–H and O–H groups in total. The molecule has 1 aromatic carbocycles. The van der Waals surface area contributed by atoms with Crippen LogP contribution in [0.25, 0.3) is 0 Å². The molecule has 0 saturated carbocycles. The number of benzene rings is 1. The van der Waals surface area contributed by atoms with Crippen molar-refractivity contribution in [1.29, 1.82) is 0 Å². The van der Waals surface area contributed by atoms with Gasteiger partial charge in [0.15, 0.2) is 0 Å². The van der Waals surface area contributed by atoms with Gasteiger partial charge < -0.3 is 14.8 Å². The van der Waals surface area contributed by atoms with Crippen LogP contribution in [0.3, 0.4) is 0 Å². The van der Waals surface area contributed by atoms with E-state index >= 15 is 0 Å². The largest absolute Gasteiger partial charge is 0.495 e. The van der Waals surface area contributed by atoms with Gasteiger partial charge in [0, 0.05) is 31.6 Å². The Bertz CT molecular complexity index is 855. The van der Waals surface area contributed by atoms with Gasteiger partial charge in [-0.25, -0.2) is 8.42 Å². The molecule has 0 unspecified atom stereocenters. The zero-order valence-electron chi connectivity index (χ0n) is 17.2. The van der Waals surface area contributed by atoms with Crippen LogP contribution in [-0.2, 0) is 14.8 Å². The number of sulfonamides is 1. The number of ether oxygens (including phenoxy) is 2. The fourth-order valence-electron chi connectivity index (χ4n) is 3.25. The van der Waals surface area contributed by atoms with Crippen LogP contribution in [0.5, 0.6) is 11.5 Å². The highest BCUT2D eigenvalue weighted by Gasteiger charge is 2.23. The molecule has 162 valence electrons. The Morgan fingerprint density at radius 2 is 1.93 bits per heavy atom. The second-order valence-corrected chi connectivity index (χ2v) is 9.30. The smallest absolute Gasteiger partial charge is 0.232 e. The molecule has 2 rings (SSSR count). The Labute approximate surface area is 178 Å². The Hall–Kier alpha value is -1.93. The molecular weight excluding hydrogens is 416 g/mol. The Kier molecular flexibility index (Phi) is 8.64. The maximum atomic E-state index is 12.4. The van der Waals surface area contributed by atoms with Gasteiger partial charge in [-0.15, -0.1) is 0 Å². The summed E-state index contributed by atoms with van der Waals surface area (Å²) in [6.45, 7) is 0.701. The van der Waals surface area contributed by atoms with Crippen LogP contribution in [0.15, 0.2) is 23.8 Å². The van der Waals surface area contributed by atoms with Gasteiger partial charge >= 0.3 is 0 Å². The number of methoxy groups -OCH3 is 2. The molecule has 1 aliphatic rings. The lowest BCUT2D eigenvalue weighted by Crippen LogP contribution is -2.32. The van der Waals surface area contributed by atoms with E-state index in [1.807, 2.05) is 0 Å². The van der Waals surface area contributed by atoms with Gasteiger partial charge in [0.25, 0.3) is 0 Å². The van der Waals surface area contributed by atoms with Crippen molar-refractivity contribution in [2.24, 2.45) is 0 Å². The summed E-state index contributed by atoms with van der Waals surface area (Å²) < 4.78 is 36.5. The van der Waals surface area contributed by atoms with Gasteiger partial charge in [-0.05, 0) is 32.1 Å². The standard InChI is InChI=1S/C20H29ClN2O5S/c1-27-18-13-17(19(28-2)12-16(18)21)23(29(3,25)26)11-7-10-20(24)22-14-15-8-5-4-6-9-15/h8,12-13H,4-7,9-11,14H2,1-3H3,(H,22,24). The van der Waals surface area contributed by atoms with Crippen molar-refractivity contribution < 1.29 is 22.7 Å². The first kappa shape index (κ1) is 23.3. The Morgan fingerprint density at radius 1 is 1.21 bits per heavy atom. The number of amides is 1. The number of allylic oxidation sites excluding steroid dienone is 1. The molecule has 1 amide bonds. The molecule has 0 saturated heterocycles. The lowest BCUT2D eigenvalue weighted by Gasteiger charge is -2.25. The lowest BCUT2D eigenvalue weighted by molar-refractivity contribution is -0.120. The Morgan fingerprint density at radius 3 is 2.52 bits per heavy atom. The first-order valence-corrected chi connectivity index (χ1v) is 11.8. The molecule has 0 aromatic heterocycles. The average Bonchev–Trinajstić information content (AvgIpc) is 2.69. The molecule has 29 heavy (non-hydrogen) atoms. The van der Waals surface area contributed by atoms with Crippen LogP contribution in [0.2, 0.25) is 5.02 Å². The highest BCUT2D eigenvalue weighted by atomic mass is 35.5. The second-order valence-electron chi connectivity index (χ2n) is 6.98. The monoisotopic (exact) mass is 444 g/mol. The van der Waals surface area contributed by atoms with Crippen LogP contribution in [-0.4, -0.2) is 47.9 Å². The molecule has 9 heteroatoms. The van der Waals surface area contributed by atoms with E-state index in [9.17, 15) is 13.2 Å². The lowest BCUT2D eigenvalue weighted by atomic mass is 10.00. The molecule has 0 heterocycles. The number of nitrogens with one attached hydrogen (secondary N) is 1. The summed E-state index contributed by atoms with van der Waals surface area (Å²) in [6.07, 6.45) is 8.37. The van der Waals surface area contributed by atoms with E-state index < -0.39 is 10.0 Å². The topological polar surface area (TPSA) is 84.9 Å². The molecule has 0 atom stereocenters. The summed E-state index contributed by atoms with van der Waals surface area (Å²) in [5, 5.41) is 3.23. The predicted molar refractivity (Wildman–Crippen MR) is 116 cm³/mol. The first-order chi connectivity index (χ1) is 13.8. The van der Waals surface area contributed by atoms with Gasteiger partial charge in [-0.2, -0.15) is 0 Å². The quantitative estimate of drug-likeness (QED) is 0.558. The van der Waals surface area contributed by atoms with Crippen LogP contribution in [0.4, 0.5) is 5.69 Å². The maximum absolute atomic E-state index is 12.4. The van der Waals surface area contributed by atoms with Crippen molar-refractivity contribution in [2.45, 2.75) is 38.5 Å². The van der Waals surface area contributed by atoms with Gasteiger partial charge in [-0.1, -0.05) is 23.3 Å². The van der Waals surface area contributed by atoms with Crippen molar-refractivity contribution in [2.75, 3.05) is 37.9 Å². The molecule has 1 aromatic rings. The maximum Gasteiger partial charge on any atom is 0.232 e. The number of hydrogen-bond acceptors (Lipinski definition) is 5. The van der Waals surface area contributed by atoms with Gasteiger partial charge in [0.1, 0.15) is 11.5 Å². The van der Waals surface area contributed by atoms with Crippen LogP contribution >= 0.6 is 11.6 Å². The number of halogens is 1. The van der Waals surface area contributed by atoms with Crippen molar-refractivity contribution in [3.8, 4) is 11.5 Å². The number of rotatable bonds is 10. The minimum atomic E-state index is -3.60. The number of carbonyl (C=O) groups is 1. The normalized spacial score (nSPS) is 14.1. The van der Waals surface area contributed by atoms with Gasteiger partial charge in [0.2, 0.25) is 15.9 Å².